The third-order valence-corrected chi connectivity index (χ3v) is 10.9. The number of rotatable bonds is 2. The first-order valence-electron chi connectivity index (χ1n) is 15.3. The molecule has 232 valence electrons. The first-order valence-corrected chi connectivity index (χ1v) is 16.9. The zero-order chi connectivity index (χ0) is 32.6. The van der Waals surface area contributed by atoms with E-state index in [1.54, 1.807) is 0 Å². The lowest BCUT2D eigenvalue weighted by atomic mass is 9.74. The Morgan fingerprint density at radius 1 is 0.409 bits per heavy atom. The van der Waals surface area contributed by atoms with Gasteiger partial charge in [-0.3, -0.25) is 0 Å². The normalized spacial score (nSPS) is 19.9. The highest BCUT2D eigenvalue weighted by molar-refractivity contribution is 9.10. The Hall–Kier alpha value is -1.67. The van der Waals surface area contributed by atoms with Crippen LogP contribution in [0.4, 0.5) is 0 Å². The fourth-order valence-electron chi connectivity index (χ4n) is 5.85. The summed E-state index contributed by atoms with van der Waals surface area (Å²) < 4.78 is 27.4. The van der Waals surface area contributed by atoms with Gasteiger partial charge in [-0.1, -0.05) is 56.1 Å². The van der Waals surface area contributed by atoms with Crippen molar-refractivity contribution in [3.63, 3.8) is 0 Å². The molecule has 2 heterocycles. The average molecular weight is 722 g/mol. The van der Waals surface area contributed by atoms with E-state index in [-0.39, 0.29) is 36.6 Å². The van der Waals surface area contributed by atoms with Gasteiger partial charge in [0.2, 0.25) is 0 Å². The molecule has 2 saturated heterocycles. The van der Waals surface area contributed by atoms with Gasteiger partial charge in [0.1, 0.15) is 0 Å². The standard InChI is InChI=1S/C24H34B2O4.C12H10Br2/c1-15-11-17(25-27-21(3,4)22(5,6)28-25)14-20-16(2)12-18(13-19(15)20)26-29-23(7,8)24(9,10)30-26;1-7-3-9(13)6-12-8(2)4-10(14)5-11(7)12/h11-14H,1-10H3;3-6H,1-2H3. The minimum Gasteiger partial charge on any atom is -0.399 e. The topological polar surface area (TPSA) is 36.9 Å². The van der Waals surface area contributed by atoms with Crippen molar-refractivity contribution >= 4 is 78.6 Å². The minimum atomic E-state index is -0.361. The van der Waals surface area contributed by atoms with Crippen LogP contribution < -0.4 is 10.9 Å². The van der Waals surface area contributed by atoms with Crippen LogP contribution in [0.1, 0.15) is 77.6 Å². The van der Waals surface area contributed by atoms with E-state index in [9.17, 15) is 0 Å². The molecule has 0 amide bonds. The molecule has 4 aromatic carbocycles. The Morgan fingerprint density at radius 2 is 0.659 bits per heavy atom. The van der Waals surface area contributed by atoms with Crippen LogP contribution >= 0.6 is 31.9 Å². The molecule has 0 unspecified atom stereocenters. The SMILES string of the molecule is Cc1cc(B2OC(C)(C)C(C)(C)O2)cc2c(C)cc(B3OC(C)(C)C(C)(C)O3)cc12.Cc1cc(Br)cc2c(C)cc(Br)cc12. The van der Waals surface area contributed by atoms with Crippen molar-refractivity contribution in [3.05, 3.63) is 79.7 Å². The van der Waals surface area contributed by atoms with Gasteiger partial charge >= 0.3 is 14.2 Å². The maximum Gasteiger partial charge on any atom is 0.494 e. The summed E-state index contributed by atoms with van der Waals surface area (Å²) in [6.45, 7) is 25.3. The summed E-state index contributed by atoms with van der Waals surface area (Å²) in [7, 11) is -0.722. The van der Waals surface area contributed by atoms with Crippen molar-refractivity contribution in [2.24, 2.45) is 0 Å². The lowest BCUT2D eigenvalue weighted by molar-refractivity contribution is 0.00578. The molecule has 0 radical (unpaired) electrons. The van der Waals surface area contributed by atoms with Gasteiger partial charge in [0.15, 0.2) is 0 Å². The first kappa shape index (κ1) is 33.7. The second-order valence-electron chi connectivity index (χ2n) is 14.5. The maximum absolute atomic E-state index is 6.28. The van der Waals surface area contributed by atoms with Crippen LogP contribution in [0, 0.1) is 27.7 Å². The molecule has 0 atom stereocenters. The third-order valence-electron chi connectivity index (χ3n) is 9.99. The lowest BCUT2D eigenvalue weighted by Crippen LogP contribution is -2.41. The largest absolute Gasteiger partial charge is 0.494 e. The highest BCUT2D eigenvalue weighted by Gasteiger charge is 2.53. The summed E-state index contributed by atoms with van der Waals surface area (Å²) in [5.41, 5.74) is 5.71. The zero-order valence-corrected chi connectivity index (χ0v) is 31.3. The van der Waals surface area contributed by atoms with Gasteiger partial charge in [-0.25, -0.2) is 0 Å². The van der Waals surface area contributed by atoms with Crippen molar-refractivity contribution in [2.45, 2.75) is 105 Å². The second-order valence-corrected chi connectivity index (χ2v) is 16.3. The van der Waals surface area contributed by atoms with E-state index in [0.717, 1.165) is 19.9 Å². The van der Waals surface area contributed by atoms with E-state index >= 15 is 0 Å². The lowest BCUT2D eigenvalue weighted by Gasteiger charge is -2.32. The van der Waals surface area contributed by atoms with E-state index in [1.807, 2.05) is 0 Å². The smallest absolute Gasteiger partial charge is 0.399 e. The molecule has 4 nitrogen and oxygen atoms in total. The van der Waals surface area contributed by atoms with E-state index in [0.29, 0.717) is 0 Å². The van der Waals surface area contributed by atoms with Crippen LogP contribution in [0.5, 0.6) is 0 Å². The molecule has 2 fully saturated rings. The fourth-order valence-corrected chi connectivity index (χ4v) is 6.99. The predicted octanol–water partition coefficient (Wildman–Crippen LogP) is 9.04. The molecule has 2 aliphatic rings. The summed E-state index contributed by atoms with van der Waals surface area (Å²) in [6.07, 6.45) is 0. The Morgan fingerprint density at radius 3 is 0.955 bits per heavy atom. The molecule has 8 heteroatoms. The summed E-state index contributed by atoms with van der Waals surface area (Å²) in [4.78, 5) is 0. The number of hydrogen-bond donors (Lipinski definition) is 0. The molecule has 0 aromatic heterocycles. The third kappa shape index (κ3) is 6.20. The maximum atomic E-state index is 6.28. The molecule has 6 rings (SSSR count). The molecule has 0 spiro atoms. The summed E-state index contributed by atoms with van der Waals surface area (Å²) in [6, 6.07) is 17.4. The Bertz CT molecular complexity index is 1600. The summed E-state index contributed by atoms with van der Waals surface area (Å²) in [5.74, 6) is 0. The number of aryl methyl sites for hydroxylation is 4. The van der Waals surface area contributed by atoms with Gasteiger partial charge in [-0.15, -0.1) is 0 Å². The van der Waals surface area contributed by atoms with Crippen molar-refractivity contribution in [3.8, 4) is 0 Å². The summed E-state index contributed by atoms with van der Waals surface area (Å²) >= 11 is 7.05. The molecule has 0 bridgehead atoms. The van der Waals surface area contributed by atoms with E-state index in [1.165, 1.54) is 43.8 Å². The minimum absolute atomic E-state index is 0.351. The van der Waals surface area contributed by atoms with Gasteiger partial charge in [0.25, 0.3) is 0 Å². The van der Waals surface area contributed by atoms with Crippen LogP contribution in [-0.2, 0) is 18.6 Å². The van der Waals surface area contributed by atoms with Gasteiger partial charge in [-0.2, -0.15) is 0 Å². The molecular weight excluding hydrogens is 678 g/mol. The van der Waals surface area contributed by atoms with Crippen LogP contribution in [0.15, 0.2) is 57.5 Å². The molecule has 2 aliphatic heterocycles. The number of hydrogen-bond acceptors (Lipinski definition) is 4. The average Bonchev–Trinajstić information content (AvgIpc) is 3.25. The molecule has 0 aliphatic carbocycles. The molecule has 44 heavy (non-hydrogen) atoms. The first-order chi connectivity index (χ1) is 20.2. The van der Waals surface area contributed by atoms with Crippen LogP contribution in [0.3, 0.4) is 0 Å². The quantitative estimate of drug-likeness (QED) is 0.194. The van der Waals surface area contributed by atoms with Gasteiger partial charge in [0.05, 0.1) is 22.4 Å². The predicted molar refractivity (Wildman–Crippen MR) is 194 cm³/mol. The molecule has 4 aromatic rings. The van der Waals surface area contributed by atoms with Crippen molar-refractivity contribution in [2.75, 3.05) is 0 Å². The fraction of sp³-hybridized carbons (Fsp3) is 0.444. The van der Waals surface area contributed by atoms with Crippen molar-refractivity contribution in [1.29, 1.82) is 0 Å². The van der Waals surface area contributed by atoms with E-state index in [2.05, 4.69) is 163 Å². The highest BCUT2D eigenvalue weighted by atomic mass is 79.9. The zero-order valence-electron chi connectivity index (χ0n) is 28.2. The van der Waals surface area contributed by atoms with Gasteiger partial charge in [0, 0.05) is 8.95 Å². The van der Waals surface area contributed by atoms with E-state index in [4.69, 9.17) is 18.6 Å². The van der Waals surface area contributed by atoms with Crippen LogP contribution in [-0.4, -0.2) is 36.6 Å². The number of fused-ring (bicyclic) bond motifs is 2. The molecular formula is C36H44B2Br2O4. The number of halogens is 2. The molecule has 0 N–H and O–H groups in total. The second kappa shape index (κ2) is 11.5. The van der Waals surface area contributed by atoms with Crippen LogP contribution in [0.2, 0.25) is 0 Å². The highest BCUT2D eigenvalue weighted by Crippen LogP contribution is 2.38. The van der Waals surface area contributed by atoms with E-state index < -0.39 is 0 Å². The van der Waals surface area contributed by atoms with Gasteiger partial charge in [-0.05, 0) is 162 Å². The van der Waals surface area contributed by atoms with Crippen molar-refractivity contribution in [1.82, 2.24) is 0 Å². The summed E-state index contributed by atoms with van der Waals surface area (Å²) in [5, 5.41) is 5.06. The monoisotopic (exact) mass is 720 g/mol. The Kier molecular flexibility index (Phi) is 8.83. The Balaban J connectivity index is 0.000000229. The van der Waals surface area contributed by atoms with Crippen molar-refractivity contribution < 1.29 is 18.6 Å². The number of benzene rings is 4. The molecule has 0 saturated carbocycles. The Labute approximate surface area is 281 Å². The van der Waals surface area contributed by atoms with Crippen LogP contribution in [0.25, 0.3) is 21.5 Å². The van der Waals surface area contributed by atoms with Gasteiger partial charge < -0.3 is 18.6 Å².